The summed E-state index contributed by atoms with van der Waals surface area (Å²) in [5.74, 6) is -0.149. The van der Waals surface area contributed by atoms with Gasteiger partial charge in [-0.3, -0.25) is 4.79 Å². The molecule has 0 aromatic heterocycles. The van der Waals surface area contributed by atoms with Crippen molar-refractivity contribution in [1.82, 2.24) is 0 Å². The lowest BCUT2D eigenvalue weighted by atomic mass is 10.1. The molecular weight excluding hydrogens is 250 g/mol. The predicted molar refractivity (Wildman–Crippen MR) is 84.3 cm³/mol. The molecule has 0 unspecified atom stereocenters. The van der Waals surface area contributed by atoms with Gasteiger partial charge in [0.25, 0.3) is 5.91 Å². The van der Waals surface area contributed by atoms with Crippen LogP contribution in [0.3, 0.4) is 0 Å². The van der Waals surface area contributed by atoms with E-state index in [1.165, 1.54) is 0 Å². The normalized spacial score (nSPS) is 10.2. The van der Waals surface area contributed by atoms with Crippen molar-refractivity contribution in [3.05, 3.63) is 53.6 Å². The van der Waals surface area contributed by atoms with Crippen LogP contribution in [0.5, 0.6) is 0 Å². The number of aryl methyl sites for hydroxylation is 1. The van der Waals surface area contributed by atoms with Gasteiger partial charge in [0, 0.05) is 25.3 Å². The minimum Gasteiger partial charge on any atom is -0.399 e. The molecule has 0 aliphatic carbocycles. The van der Waals surface area contributed by atoms with Crippen molar-refractivity contribution in [3.63, 3.8) is 0 Å². The van der Waals surface area contributed by atoms with Crippen molar-refractivity contribution < 1.29 is 4.79 Å². The number of carbonyl (C=O) groups excluding carboxylic acids is 1. The van der Waals surface area contributed by atoms with E-state index in [9.17, 15) is 4.79 Å². The Bertz CT molecular complexity index is 635. The molecule has 0 saturated heterocycles. The van der Waals surface area contributed by atoms with Crippen LogP contribution in [0, 0.1) is 6.92 Å². The van der Waals surface area contributed by atoms with Crippen molar-refractivity contribution in [3.8, 4) is 0 Å². The number of hydrogen-bond donors (Lipinski definition) is 2. The fourth-order valence-corrected chi connectivity index (χ4v) is 2.04. The first-order chi connectivity index (χ1) is 9.49. The Hall–Kier alpha value is -2.49. The highest BCUT2D eigenvalue weighted by atomic mass is 16.1. The molecule has 2 aromatic carbocycles. The van der Waals surface area contributed by atoms with E-state index in [2.05, 4.69) is 5.32 Å². The van der Waals surface area contributed by atoms with Gasteiger partial charge < -0.3 is 16.0 Å². The van der Waals surface area contributed by atoms with Crippen LogP contribution in [-0.4, -0.2) is 20.0 Å². The number of rotatable bonds is 3. The molecule has 20 heavy (non-hydrogen) atoms. The number of para-hydroxylation sites is 2. The maximum absolute atomic E-state index is 12.4. The Morgan fingerprint density at radius 3 is 2.55 bits per heavy atom. The van der Waals surface area contributed by atoms with E-state index in [4.69, 9.17) is 5.73 Å². The quantitative estimate of drug-likeness (QED) is 0.842. The number of hydrogen-bond acceptors (Lipinski definition) is 3. The summed E-state index contributed by atoms with van der Waals surface area (Å²) in [4.78, 5) is 14.3. The molecule has 2 aromatic rings. The van der Waals surface area contributed by atoms with Crippen LogP contribution in [0.2, 0.25) is 0 Å². The van der Waals surface area contributed by atoms with Gasteiger partial charge in [0.05, 0.1) is 11.4 Å². The number of nitrogens with two attached hydrogens (primary N) is 1. The second-order valence-corrected chi connectivity index (χ2v) is 4.94. The number of carbonyl (C=O) groups is 1. The summed E-state index contributed by atoms with van der Waals surface area (Å²) >= 11 is 0. The molecular formula is C16H19N3O. The molecule has 0 aliphatic heterocycles. The smallest absolute Gasteiger partial charge is 0.256 e. The van der Waals surface area contributed by atoms with E-state index < -0.39 is 0 Å². The summed E-state index contributed by atoms with van der Waals surface area (Å²) in [7, 11) is 3.88. The van der Waals surface area contributed by atoms with Crippen molar-refractivity contribution in [1.29, 1.82) is 0 Å². The number of nitrogen functional groups attached to an aromatic ring is 1. The molecule has 0 fully saturated rings. The number of nitrogens with zero attached hydrogens (tertiary/aromatic N) is 1. The van der Waals surface area contributed by atoms with E-state index in [1.807, 2.05) is 56.3 Å². The van der Waals surface area contributed by atoms with Crippen molar-refractivity contribution in [2.24, 2.45) is 0 Å². The summed E-state index contributed by atoms with van der Waals surface area (Å²) in [6.45, 7) is 1.90. The summed E-state index contributed by atoms with van der Waals surface area (Å²) < 4.78 is 0. The fraction of sp³-hybridized carbons (Fsp3) is 0.188. The molecule has 0 aliphatic rings. The Morgan fingerprint density at radius 2 is 1.85 bits per heavy atom. The molecule has 0 radical (unpaired) electrons. The molecule has 0 bridgehead atoms. The number of benzene rings is 2. The van der Waals surface area contributed by atoms with Crippen LogP contribution in [0.4, 0.5) is 17.1 Å². The second-order valence-electron chi connectivity index (χ2n) is 4.94. The van der Waals surface area contributed by atoms with Crippen molar-refractivity contribution in [2.45, 2.75) is 6.92 Å². The van der Waals surface area contributed by atoms with Crippen LogP contribution >= 0.6 is 0 Å². The first-order valence-electron chi connectivity index (χ1n) is 6.43. The highest BCUT2D eigenvalue weighted by Gasteiger charge is 2.12. The zero-order valence-electron chi connectivity index (χ0n) is 12.0. The Balaban J connectivity index is 2.31. The second kappa shape index (κ2) is 5.65. The van der Waals surface area contributed by atoms with E-state index in [0.717, 1.165) is 16.9 Å². The van der Waals surface area contributed by atoms with E-state index in [1.54, 1.807) is 12.1 Å². The third-order valence-corrected chi connectivity index (χ3v) is 3.14. The molecule has 4 heteroatoms. The summed E-state index contributed by atoms with van der Waals surface area (Å²) in [6, 6.07) is 13.0. The van der Waals surface area contributed by atoms with Gasteiger partial charge in [0.15, 0.2) is 0 Å². The van der Waals surface area contributed by atoms with E-state index in [0.29, 0.717) is 11.3 Å². The van der Waals surface area contributed by atoms with Crippen molar-refractivity contribution >= 4 is 23.0 Å². The molecule has 0 atom stereocenters. The molecule has 1 amide bonds. The third kappa shape index (κ3) is 2.91. The van der Waals surface area contributed by atoms with E-state index in [-0.39, 0.29) is 5.91 Å². The Morgan fingerprint density at radius 1 is 1.15 bits per heavy atom. The van der Waals surface area contributed by atoms with Crippen LogP contribution in [0.1, 0.15) is 15.9 Å². The Labute approximate surface area is 119 Å². The zero-order valence-corrected chi connectivity index (χ0v) is 12.0. The molecule has 104 valence electrons. The third-order valence-electron chi connectivity index (χ3n) is 3.14. The topological polar surface area (TPSA) is 58.4 Å². The number of anilines is 3. The molecule has 0 spiro atoms. The van der Waals surface area contributed by atoms with Gasteiger partial charge in [0.1, 0.15) is 0 Å². The maximum Gasteiger partial charge on any atom is 0.256 e. The average Bonchev–Trinajstić information content (AvgIpc) is 2.41. The highest BCUT2D eigenvalue weighted by molar-refractivity contribution is 6.07. The molecule has 0 heterocycles. The van der Waals surface area contributed by atoms with Crippen LogP contribution in [-0.2, 0) is 0 Å². The largest absolute Gasteiger partial charge is 0.399 e. The maximum atomic E-state index is 12.4. The minimum atomic E-state index is -0.149. The van der Waals surface area contributed by atoms with Crippen LogP contribution in [0.15, 0.2) is 42.5 Å². The Kier molecular flexibility index (Phi) is 3.94. The molecule has 2 rings (SSSR count). The molecule has 3 N–H and O–H groups in total. The average molecular weight is 269 g/mol. The predicted octanol–water partition coefficient (Wildman–Crippen LogP) is 2.90. The standard InChI is InChI=1S/C16H19N3O/c1-11-8-9-12(17)10-13(11)16(20)18-14-6-4-5-7-15(14)19(2)3/h4-10H,17H2,1-3H3,(H,18,20). The lowest BCUT2D eigenvalue weighted by Crippen LogP contribution is -2.17. The van der Waals surface area contributed by atoms with Crippen LogP contribution in [0.25, 0.3) is 0 Å². The number of amides is 1. The zero-order chi connectivity index (χ0) is 14.7. The van der Waals surface area contributed by atoms with Gasteiger partial charge in [-0.25, -0.2) is 0 Å². The van der Waals surface area contributed by atoms with Gasteiger partial charge in [-0.2, -0.15) is 0 Å². The summed E-state index contributed by atoms with van der Waals surface area (Å²) in [5.41, 5.74) is 9.57. The minimum absolute atomic E-state index is 0.149. The summed E-state index contributed by atoms with van der Waals surface area (Å²) in [5, 5.41) is 2.94. The number of nitrogens with one attached hydrogen (secondary N) is 1. The fourth-order valence-electron chi connectivity index (χ4n) is 2.04. The highest BCUT2D eigenvalue weighted by Crippen LogP contribution is 2.24. The SMILES string of the molecule is Cc1ccc(N)cc1C(=O)Nc1ccccc1N(C)C. The molecule has 4 nitrogen and oxygen atoms in total. The first-order valence-corrected chi connectivity index (χ1v) is 6.43. The monoisotopic (exact) mass is 269 g/mol. The lowest BCUT2D eigenvalue weighted by Gasteiger charge is -2.18. The van der Waals surface area contributed by atoms with Gasteiger partial charge in [0.2, 0.25) is 0 Å². The van der Waals surface area contributed by atoms with E-state index >= 15 is 0 Å². The van der Waals surface area contributed by atoms with Gasteiger partial charge in [-0.15, -0.1) is 0 Å². The molecule has 0 saturated carbocycles. The van der Waals surface area contributed by atoms with Crippen molar-refractivity contribution in [2.75, 3.05) is 30.0 Å². The summed E-state index contributed by atoms with van der Waals surface area (Å²) in [6.07, 6.45) is 0. The lowest BCUT2D eigenvalue weighted by molar-refractivity contribution is 0.102. The van der Waals surface area contributed by atoms with Gasteiger partial charge in [-0.05, 0) is 36.8 Å². The van der Waals surface area contributed by atoms with Gasteiger partial charge >= 0.3 is 0 Å². The van der Waals surface area contributed by atoms with Gasteiger partial charge in [-0.1, -0.05) is 18.2 Å². The van der Waals surface area contributed by atoms with Crippen LogP contribution < -0.4 is 16.0 Å². The first kappa shape index (κ1) is 13.9.